The Hall–Kier alpha value is -2.92. The normalized spacial score (nSPS) is 22.0. The van der Waals surface area contributed by atoms with Gasteiger partial charge in [0, 0.05) is 57.4 Å². The molecule has 5 rings (SSSR count). The van der Waals surface area contributed by atoms with Gasteiger partial charge < -0.3 is 24.3 Å². The zero-order chi connectivity index (χ0) is 25.4. The number of aryl methyl sites for hydroxylation is 1. The van der Waals surface area contributed by atoms with Gasteiger partial charge in [-0.2, -0.15) is 5.10 Å². The molecular formula is C26H41N7O4. The van der Waals surface area contributed by atoms with E-state index in [9.17, 15) is 9.59 Å². The predicted octanol–water partition coefficient (Wildman–Crippen LogP) is 3.45. The van der Waals surface area contributed by atoms with Crippen LogP contribution in [0.4, 0.5) is 10.6 Å². The maximum Gasteiger partial charge on any atom is 0.321 e. The number of anilines is 1. The number of H-pyrrole nitrogens is 1. The standard InChI is InChI=1S/C25H37N7O4.CH4/c1-5-20-26-19(15-36-20)23(33)27-22-18-14-32(25(3,4)21(18)28-29-22)24(34)31-9-8-30(12-16(31)2)13-17-6-10-35-11-7-17;/h15-17H,5-14H2,1-4H3,(H2,27,28,29,33);1H4/t16-;/m0./s1. The molecule has 0 saturated carbocycles. The van der Waals surface area contributed by atoms with E-state index in [0.717, 1.165) is 56.9 Å². The number of ether oxygens (including phenoxy) is 1. The summed E-state index contributed by atoms with van der Waals surface area (Å²) in [5.74, 6) is 1.23. The number of rotatable bonds is 5. The number of amides is 3. The third-order valence-electron chi connectivity index (χ3n) is 7.83. The van der Waals surface area contributed by atoms with Crippen molar-refractivity contribution in [3.8, 4) is 0 Å². The first-order chi connectivity index (χ1) is 17.3. The van der Waals surface area contributed by atoms with Crippen LogP contribution in [0, 0.1) is 5.92 Å². The molecule has 0 radical (unpaired) electrons. The number of hydrogen-bond donors (Lipinski definition) is 2. The second-order valence-corrected chi connectivity index (χ2v) is 10.6. The largest absolute Gasteiger partial charge is 0.448 e. The van der Waals surface area contributed by atoms with Gasteiger partial charge in [0.1, 0.15) is 6.26 Å². The Labute approximate surface area is 218 Å². The van der Waals surface area contributed by atoms with Gasteiger partial charge in [0.2, 0.25) is 0 Å². The minimum atomic E-state index is -0.579. The van der Waals surface area contributed by atoms with Gasteiger partial charge in [-0.25, -0.2) is 9.78 Å². The van der Waals surface area contributed by atoms with Crippen LogP contribution < -0.4 is 5.32 Å². The van der Waals surface area contributed by atoms with Gasteiger partial charge in [0.05, 0.1) is 17.8 Å². The van der Waals surface area contributed by atoms with E-state index in [1.807, 2.05) is 30.6 Å². The van der Waals surface area contributed by atoms with Crippen LogP contribution in [0.5, 0.6) is 0 Å². The van der Waals surface area contributed by atoms with E-state index in [0.29, 0.717) is 37.1 Å². The highest BCUT2D eigenvalue weighted by atomic mass is 16.5. The summed E-state index contributed by atoms with van der Waals surface area (Å²) in [6.45, 7) is 13.7. The second-order valence-electron chi connectivity index (χ2n) is 10.6. The van der Waals surface area contributed by atoms with Crippen molar-refractivity contribution in [3.63, 3.8) is 0 Å². The van der Waals surface area contributed by atoms with Gasteiger partial charge >= 0.3 is 6.03 Å². The molecule has 0 aliphatic carbocycles. The summed E-state index contributed by atoms with van der Waals surface area (Å²) in [4.78, 5) is 37.0. The molecule has 0 aromatic carbocycles. The first-order valence-corrected chi connectivity index (χ1v) is 13.0. The van der Waals surface area contributed by atoms with Gasteiger partial charge in [-0.05, 0) is 39.5 Å². The van der Waals surface area contributed by atoms with Crippen LogP contribution >= 0.6 is 0 Å². The van der Waals surface area contributed by atoms with E-state index in [-0.39, 0.29) is 31.1 Å². The van der Waals surface area contributed by atoms with Gasteiger partial charge in [-0.3, -0.25) is 14.8 Å². The van der Waals surface area contributed by atoms with Crippen molar-refractivity contribution < 1.29 is 18.7 Å². The van der Waals surface area contributed by atoms with Crippen LogP contribution in [0.2, 0.25) is 0 Å². The highest BCUT2D eigenvalue weighted by molar-refractivity contribution is 6.02. The van der Waals surface area contributed by atoms with E-state index in [4.69, 9.17) is 9.15 Å². The summed E-state index contributed by atoms with van der Waals surface area (Å²) in [5, 5.41) is 10.2. The molecule has 3 aliphatic heterocycles. The Bertz CT molecular complexity index is 1100. The summed E-state index contributed by atoms with van der Waals surface area (Å²) in [7, 11) is 0. The Morgan fingerprint density at radius 2 is 2.00 bits per heavy atom. The average molecular weight is 516 g/mol. The molecule has 2 saturated heterocycles. The zero-order valence-electron chi connectivity index (χ0n) is 21.7. The van der Waals surface area contributed by atoms with E-state index in [1.54, 1.807) is 0 Å². The summed E-state index contributed by atoms with van der Waals surface area (Å²) in [6.07, 6.45) is 4.20. The number of nitrogens with zero attached hydrogens (tertiary/aromatic N) is 5. The highest BCUT2D eigenvalue weighted by Gasteiger charge is 2.46. The molecule has 11 nitrogen and oxygen atoms in total. The molecule has 2 fully saturated rings. The van der Waals surface area contributed by atoms with Crippen molar-refractivity contribution in [2.75, 3.05) is 44.7 Å². The Balaban J connectivity index is 0.00000320. The van der Waals surface area contributed by atoms with Crippen molar-refractivity contribution >= 4 is 17.8 Å². The fourth-order valence-electron chi connectivity index (χ4n) is 5.61. The minimum Gasteiger partial charge on any atom is -0.448 e. The molecule has 37 heavy (non-hydrogen) atoms. The molecular weight excluding hydrogens is 474 g/mol. The summed E-state index contributed by atoms with van der Waals surface area (Å²) >= 11 is 0. The van der Waals surface area contributed by atoms with Crippen LogP contribution in [-0.4, -0.2) is 87.3 Å². The smallest absolute Gasteiger partial charge is 0.321 e. The molecule has 1 atom stereocenters. The van der Waals surface area contributed by atoms with Gasteiger partial charge in [0.15, 0.2) is 17.4 Å². The number of piperazine rings is 1. The lowest BCUT2D eigenvalue weighted by atomic mass is 9.99. The van der Waals surface area contributed by atoms with Crippen LogP contribution in [0.15, 0.2) is 10.7 Å². The number of aromatic nitrogens is 3. The van der Waals surface area contributed by atoms with E-state index < -0.39 is 5.54 Å². The number of urea groups is 1. The van der Waals surface area contributed by atoms with Crippen LogP contribution in [0.3, 0.4) is 0 Å². The molecule has 2 aromatic heterocycles. The quantitative estimate of drug-likeness (QED) is 0.626. The molecule has 0 bridgehead atoms. The van der Waals surface area contributed by atoms with Gasteiger partial charge in [-0.1, -0.05) is 14.4 Å². The van der Waals surface area contributed by atoms with Crippen LogP contribution in [0.1, 0.15) is 75.6 Å². The highest BCUT2D eigenvalue weighted by Crippen LogP contribution is 2.41. The Morgan fingerprint density at radius 3 is 2.68 bits per heavy atom. The second kappa shape index (κ2) is 10.8. The Morgan fingerprint density at radius 1 is 1.24 bits per heavy atom. The summed E-state index contributed by atoms with van der Waals surface area (Å²) in [6, 6.07) is 0.141. The molecule has 0 spiro atoms. The van der Waals surface area contributed by atoms with Gasteiger partial charge in [-0.15, -0.1) is 0 Å². The molecule has 204 valence electrons. The number of hydrogen-bond acceptors (Lipinski definition) is 7. The molecule has 11 heteroatoms. The fraction of sp³-hybridized carbons (Fsp3) is 0.692. The lowest BCUT2D eigenvalue weighted by Gasteiger charge is -2.44. The fourth-order valence-corrected chi connectivity index (χ4v) is 5.61. The van der Waals surface area contributed by atoms with Crippen molar-refractivity contribution in [3.05, 3.63) is 29.1 Å². The molecule has 2 aromatic rings. The first kappa shape index (κ1) is 27.1. The number of fused-ring (bicyclic) bond motifs is 1. The molecule has 2 N–H and O–H groups in total. The maximum absolute atomic E-state index is 13.8. The SMILES string of the molecule is C.CCc1nc(C(=O)Nc2n[nH]c3c2CN(C(=O)N2CCN(CC4CCOCC4)C[C@@H]2C)C3(C)C)co1. The number of oxazole rings is 1. The minimum absolute atomic E-state index is 0. The van der Waals surface area contributed by atoms with Crippen molar-refractivity contribution in [1.82, 2.24) is 29.9 Å². The van der Waals surface area contributed by atoms with E-state index in [2.05, 4.69) is 32.3 Å². The monoisotopic (exact) mass is 515 g/mol. The molecule has 5 heterocycles. The summed E-state index contributed by atoms with van der Waals surface area (Å²) in [5.41, 5.74) is 1.30. The van der Waals surface area contributed by atoms with Crippen LogP contribution in [-0.2, 0) is 23.2 Å². The van der Waals surface area contributed by atoms with E-state index >= 15 is 0 Å². The number of carbonyl (C=O) groups excluding carboxylic acids is 2. The Kier molecular flexibility index (Phi) is 7.94. The van der Waals surface area contributed by atoms with Crippen molar-refractivity contribution in [2.24, 2.45) is 5.92 Å². The third-order valence-corrected chi connectivity index (χ3v) is 7.83. The molecule has 0 unspecified atom stereocenters. The number of carbonyl (C=O) groups is 2. The van der Waals surface area contributed by atoms with E-state index in [1.165, 1.54) is 6.26 Å². The number of nitrogens with one attached hydrogen (secondary N) is 2. The lowest BCUT2D eigenvalue weighted by molar-refractivity contribution is 0.0290. The maximum atomic E-state index is 13.8. The van der Waals surface area contributed by atoms with Crippen molar-refractivity contribution in [1.29, 1.82) is 0 Å². The number of aromatic amines is 1. The molecule has 3 amide bonds. The van der Waals surface area contributed by atoms with Crippen molar-refractivity contribution in [2.45, 2.75) is 72.5 Å². The predicted molar refractivity (Wildman–Crippen MR) is 139 cm³/mol. The first-order valence-electron chi connectivity index (χ1n) is 13.0. The molecule has 3 aliphatic rings. The lowest BCUT2D eigenvalue weighted by Crippen LogP contribution is -2.59. The third kappa shape index (κ3) is 5.24. The van der Waals surface area contributed by atoms with Gasteiger partial charge in [0.25, 0.3) is 5.91 Å². The average Bonchev–Trinajstić information content (AvgIpc) is 3.56. The van der Waals surface area contributed by atoms with Crippen LogP contribution in [0.25, 0.3) is 0 Å². The summed E-state index contributed by atoms with van der Waals surface area (Å²) < 4.78 is 10.8. The topological polar surface area (TPSA) is 120 Å². The zero-order valence-corrected chi connectivity index (χ0v) is 21.7.